The number of hydrogen-bond donors (Lipinski definition) is 1. The van der Waals surface area contributed by atoms with Crippen molar-refractivity contribution in [2.75, 3.05) is 18.2 Å². The molecule has 10 heteroatoms. The lowest BCUT2D eigenvalue weighted by molar-refractivity contribution is -0.113. The molecule has 2 aromatic carbocycles. The summed E-state index contributed by atoms with van der Waals surface area (Å²) < 4.78 is 8.81. The van der Waals surface area contributed by atoms with Gasteiger partial charge in [-0.15, -0.1) is 5.10 Å². The summed E-state index contributed by atoms with van der Waals surface area (Å²) in [6.45, 7) is 4.87. The van der Waals surface area contributed by atoms with Crippen LogP contribution in [0, 0.1) is 25.2 Å². The second kappa shape index (κ2) is 10.9. The third-order valence-electron chi connectivity index (χ3n) is 5.71. The van der Waals surface area contributed by atoms with E-state index in [9.17, 15) is 10.1 Å². The Hall–Kier alpha value is -4.10. The lowest BCUT2D eigenvalue weighted by Gasteiger charge is -2.13. The summed E-state index contributed by atoms with van der Waals surface area (Å²) in [5, 5.41) is 25.1. The van der Waals surface area contributed by atoms with Gasteiger partial charge in [0.15, 0.2) is 0 Å². The molecule has 1 N–H and O–H groups in total. The molecule has 35 heavy (non-hydrogen) atoms. The van der Waals surface area contributed by atoms with Gasteiger partial charge in [0.05, 0.1) is 25.0 Å². The number of methoxy groups -OCH3 is 1. The summed E-state index contributed by atoms with van der Waals surface area (Å²) in [4.78, 5) is 12.9. The van der Waals surface area contributed by atoms with Crippen LogP contribution in [0.25, 0.3) is 0 Å². The second-order valence-electron chi connectivity index (χ2n) is 7.92. The van der Waals surface area contributed by atoms with E-state index in [1.54, 1.807) is 11.8 Å². The minimum atomic E-state index is -0.239. The molecule has 2 aromatic heterocycles. The fraction of sp³-hybridized carbons (Fsp3) is 0.240. The zero-order valence-corrected chi connectivity index (χ0v) is 20.5. The van der Waals surface area contributed by atoms with Crippen LogP contribution in [0.4, 0.5) is 5.82 Å². The van der Waals surface area contributed by atoms with Crippen molar-refractivity contribution in [3.05, 3.63) is 82.5 Å². The van der Waals surface area contributed by atoms with Crippen molar-refractivity contribution in [1.82, 2.24) is 24.8 Å². The fourth-order valence-electron chi connectivity index (χ4n) is 3.70. The highest BCUT2D eigenvalue weighted by atomic mass is 32.2. The maximum atomic E-state index is 12.9. The van der Waals surface area contributed by atoms with E-state index >= 15 is 0 Å². The van der Waals surface area contributed by atoms with E-state index < -0.39 is 0 Å². The number of amides is 1. The molecule has 0 fully saturated rings. The van der Waals surface area contributed by atoms with Crippen LogP contribution in [0.15, 0.2) is 59.8 Å². The van der Waals surface area contributed by atoms with Crippen molar-refractivity contribution in [3.63, 3.8) is 0 Å². The van der Waals surface area contributed by atoms with E-state index in [1.807, 2.05) is 73.0 Å². The monoisotopic (exact) mass is 487 g/mol. The van der Waals surface area contributed by atoms with E-state index in [1.165, 1.54) is 11.8 Å². The van der Waals surface area contributed by atoms with Gasteiger partial charge in [-0.25, -0.2) is 4.68 Å². The van der Waals surface area contributed by atoms with E-state index in [0.717, 1.165) is 28.1 Å². The van der Waals surface area contributed by atoms with Gasteiger partial charge < -0.3 is 14.6 Å². The van der Waals surface area contributed by atoms with Gasteiger partial charge in [0.1, 0.15) is 17.6 Å². The molecule has 0 saturated carbocycles. The Balaban J connectivity index is 1.45. The first kappa shape index (κ1) is 24.0. The second-order valence-corrected chi connectivity index (χ2v) is 8.86. The minimum absolute atomic E-state index is 0.0997. The predicted octanol–water partition coefficient (Wildman–Crippen LogP) is 3.80. The maximum Gasteiger partial charge on any atom is 0.235 e. The third kappa shape index (κ3) is 5.53. The van der Waals surface area contributed by atoms with Crippen LogP contribution in [0.3, 0.4) is 0 Å². The Bertz CT molecular complexity index is 1360. The minimum Gasteiger partial charge on any atom is -0.497 e. The number of carbonyl (C=O) groups excluding carboxylic acids is 1. The van der Waals surface area contributed by atoms with Gasteiger partial charge in [-0.3, -0.25) is 4.79 Å². The number of thioether (sulfide) groups is 1. The molecule has 0 aliphatic carbocycles. The molecule has 178 valence electrons. The van der Waals surface area contributed by atoms with E-state index in [2.05, 4.69) is 26.9 Å². The zero-order valence-electron chi connectivity index (χ0n) is 19.7. The Morgan fingerprint density at radius 2 is 1.80 bits per heavy atom. The van der Waals surface area contributed by atoms with Gasteiger partial charge in [-0.2, -0.15) is 5.26 Å². The van der Waals surface area contributed by atoms with Crippen LogP contribution in [0.1, 0.15) is 27.9 Å². The standard InChI is InChI=1S/C25H25N7O2S/c1-17-18(2)31(14-19-7-5-4-6-8-19)24(22(17)13-26)27-23(33)16-35-25-28-29-30-32(25)15-20-9-11-21(34-3)12-10-20/h4-12H,14-16H2,1-3H3,(H,27,33). The number of rotatable bonds is 9. The Labute approximate surface area is 207 Å². The molecule has 0 aliphatic heterocycles. The molecule has 4 rings (SSSR count). The van der Waals surface area contributed by atoms with Crippen LogP contribution < -0.4 is 10.1 Å². The van der Waals surface area contributed by atoms with Crippen LogP contribution in [0.5, 0.6) is 5.75 Å². The molecular formula is C25H25N7O2S. The summed E-state index contributed by atoms with van der Waals surface area (Å²) in [6.07, 6.45) is 0. The number of anilines is 1. The summed E-state index contributed by atoms with van der Waals surface area (Å²) >= 11 is 1.24. The lowest BCUT2D eigenvalue weighted by Crippen LogP contribution is -2.19. The third-order valence-corrected chi connectivity index (χ3v) is 6.66. The van der Waals surface area contributed by atoms with Crippen molar-refractivity contribution in [3.8, 4) is 11.8 Å². The number of aromatic nitrogens is 5. The van der Waals surface area contributed by atoms with Crippen molar-refractivity contribution in [1.29, 1.82) is 5.26 Å². The number of nitrogens with zero attached hydrogens (tertiary/aromatic N) is 6. The van der Waals surface area contributed by atoms with Gasteiger partial charge in [-0.05, 0) is 53.1 Å². The van der Waals surface area contributed by atoms with Crippen molar-refractivity contribution in [2.24, 2.45) is 0 Å². The topological polar surface area (TPSA) is 111 Å². The number of benzene rings is 2. The number of ether oxygens (including phenoxy) is 1. The molecule has 4 aromatic rings. The first-order valence-corrected chi connectivity index (χ1v) is 11.9. The smallest absolute Gasteiger partial charge is 0.235 e. The van der Waals surface area contributed by atoms with Gasteiger partial charge in [-0.1, -0.05) is 54.2 Å². The summed E-state index contributed by atoms with van der Waals surface area (Å²) in [6, 6.07) is 19.8. The largest absolute Gasteiger partial charge is 0.497 e. The van der Waals surface area contributed by atoms with Crippen molar-refractivity contribution >= 4 is 23.5 Å². The highest BCUT2D eigenvalue weighted by molar-refractivity contribution is 7.99. The maximum absolute atomic E-state index is 12.9. The summed E-state index contributed by atoms with van der Waals surface area (Å²) in [5.74, 6) is 1.14. The van der Waals surface area contributed by atoms with Gasteiger partial charge >= 0.3 is 0 Å². The molecule has 1 amide bonds. The van der Waals surface area contributed by atoms with Gasteiger partial charge in [0.25, 0.3) is 0 Å². The first-order valence-electron chi connectivity index (χ1n) is 11.0. The molecule has 0 saturated heterocycles. The van der Waals surface area contributed by atoms with Gasteiger partial charge in [0.2, 0.25) is 11.1 Å². The molecule has 0 unspecified atom stereocenters. The molecule has 0 spiro atoms. The van der Waals surface area contributed by atoms with Crippen LogP contribution in [0.2, 0.25) is 0 Å². The average molecular weight is 488 g/mol. The first-order chi connectivity index (χ1) is 17.0. The molecule has 0 atom stereocenters. The quantitative estimate of drug-likeness (QED) is 0.358. The molecule has 0 radical (unpaired) electrons. The summed E-state index contributed by atoms with van der Waals surface area (Å²) in [7, 11) is 1.62. The van der Waals surface area contributed by atoms with E-state index in [4.69, 9.17) is 4.74 Å². The SMILES string of the molecule is COc1ccc(Cn2nnnc2SCC(=O)Nc2c(C#N)c(C)c(C)n2Cc2ccccc2)cc1. The normalized spacial score (nSPS) is 10.7. The van der Waals surface area contributed by atoms with Gasteiger partial charge in [0, 0.05) is 12.2 Å². The number of nitrogens with one attached hydrogen (secondary N) is 1. The molecule has 0 bridgehead atoms. The van der Waals surface area contributed by atoms with E-state index in [-0.39, 0.29) is 11.7 Å². The van der Waals surface area contributed by atoms with Crippen LogP contribution in [-0.4, -0.2) is 43.5 Å². The van der Waals surface area contributed by atoms with Crippen LogP contribution >= 0.6 is 11.8 Å². The zero-order chi connectivity index (χ0) is 24.8. The number of tetrazole rings is 1. The molecule has 9 nitrogen and oxygen atoms in total. The van der Waals surface area contributed by atoms with E-state index in [0.29, 0.717) is 29.6 Å². The predicted molar refractivity (Wildman–Crippen MR) is 133 cm³/mol. The molecular weight excluding hydrogens is 462 g/mol. The number of hydrogen-bond acceptors (Lipinski definition) is 7. The Morgan fingerprint density at radius 3 is 2.49 bits per heavy atom. The van der Waals surface area contributed by atoms with Crippen molar-refractivity contribution in [2.45, 2.75) is 32.1 Å². The van der Waals surface area contributed by atoms with Crippen LogP contribution in [-0.2, 0) is 17.9 Å². The molecule has 2 heterocycles. The Morgan fingerprint density at radius 1 is 1.09 bits per heavy atom. The number of carbonyl (C=O) groups is 1. The summed E-state index contributed by atoms with van der Waals surface area (Å²) in [5.41, 5.74) is 4.36. The lowest BCUT2D eigenvalue weighted by atomic mass is 10.2. The molecule has 0 aliphatic rings. The number of nitriles is 1. The fourth-order valence-corrected chi connectivity index (χ4v) is 4.37. The van der Waals surface area contributed by atoms with Crippen molar-refractivity contribution < 1.29 is 9.53 Å². The Kier molecular flexibility index (Phi) is 7.48. The highest BCUT2D eigenvalue weighted by Gasteiger charge is 2.20. The average Bonchev–Trinajstić information content (AvgIpc) is 3.41. The highest BCUT2D eigenvalue weighted by Crippen LogP contribution is 2.28.